The molecule has 3 aromatic rings. The number of benzene rings is 2. The van der Waals surface area contributed by atoms with Gasteiger partial charge in [-0.15, -0.1) is 10.2 Å². The van der Waals surface area contributed by atoms with Crippen molar-refractivity contribution in [2.45, 2.75) is 25.7 Å². The molecular weight excluding hydrogens is 448 g/mol. The van der Waals surface area contributed by atoms with Crippen LogP contribution in [0.2, 0.25) is 5.02 Å². The average molecular weight is 471 g/mol. The van der Waals surface area contributed by atoms with Crippen molar-refractivity contribution in [2.75, 3.05) is 25.0 Å². The van der Waals surface area contributed by atoms with Crippen molar-refractivity contribution in [3.8, 4) is 5.75 Å². The normalized spacial score (nSPS) is 15.9. The highest BCUT2D eigenvalue weighted by Crippen LogP contribution is 2.29. The third kappa shape index (κ3) is 5.63. The molecule has 9 heteroatoms. The van der Waals surface area contributed by atoms with E-state index in [9.17, 15) is 9.59 Å². The Morgan fingerprint density at radius 1 is 1.22 bits per heavy atom. The van der Waals surface area contributed by atoms with Crippen molar-refractivity contribution >= 4 is 40.4 Å². The predicted octanol–water partition coefficient (Wildman–Crippen LogP) is 4.54. The number of aromatic nitrogens is 2. The van der Waals surface area contributed by atoms with Gasteiger partial charge in [0.2, 0.25) is 5.01 Å². The van der Waals surface area contributed by atoms with Gasteiger partial charge in [0.25, 0.3) is 11.8 Å². The van der Waals surface area contributed by atoms with E-state index in [0.717, 1.165) is 23.4 Å². The highest BCUT2D eigenvalue weighted by molar-refractivity contribution is 7.13. The van der Waals surface area contributed by atoms with E-state index in [-0.39, 0.29) is 24.3 Å². The number of carbonyl (C=O) groups is 2. The summed E-state index contributed by atoms with van der Waals surface area (Å²) in [6.45, 7) is 3.22. The summed E-state index contributed by atoms with van der Waals surface area (Å²) >= 11 is 7.14. The van der Waals surface area contributed by atoms with Gasteiger partial charge in [-0.3, -0.25) is 9.59 Å². The first-order chi connectivity index (χ1) is 15.5. The quantitative estimate of drug-likeness (QED) is 0.571. The minimum Gasteiger partial charge on any atom is -0.484 e. The summed E-state index contributed by atoms with van der Waals surface area (Å²) in [5.41, 5.74) is 1.72. The van der Waals surface area contributed by atoms with Crippen molar-refractivity contribution < 1.29 is 14.3 Å². The summed E-state index contributed by atoms with van der Waals surface area (Å²) in [6.07, 6.45) is 1.77. The molecule has 7 nitrogen and oxygen atoms in total. The fraction of sp³-hybridized carbons (Fsp3) is 0.304. The first-order valence-electron chi connectivity index (χ1n) is 10.4. The Morgan fingerprint density at radius 2 is 2.03 bits per heavy atom. The van der Waals surface area contributed by atoms with Crippen molar-refractivity contribution in [1.82, 2.24) is 15.1 Å². The van der Waals surface area contributed by atoms with E-state index in [1.807, 2.05) is 31.2 Å². The highest BCUT2D eigenvalue weighted by Gasteiger charge is 2.28. The molecule has 1 saturated heterocycles. The number of likely N-dealkylation sites (tertiary alicyclic amines) is 1. The lowest BCUT2D eigenvalue weighted by atomic mass is 9.99. The van der Waals surface area contributed by atoms with Crippen molar-refractivity contribution in [3.63, 3.8) is 0 Å². The van der Waals surface area contributed by atoms with Crippen molar-refractivity contribution in [3.05, 3.63) is 69.1 Å². The number of ether oxygens (including phenoxy) is 1. The second kappa shape index (κ2) is 10.1. The summed E-state index contributed by atoms with van der Waals surface area (Å²) in [6, 6.07) is 14.5. The molecule has 1 atom stereocenters. The molecule has 166 valence electrons. The molecule has 2 heterocycles. The zero-order chi connectivity index (χ0) is 22.5. The molecule has 2 amide bonds. The fourth-order valence-electron chi connectivity index (χ4n) is 3.56. The minimum atomic E-state index is -0.314. The number of rotatable bonds is 6. The van der Waals surface area contributed by atoms with Crippen LogP contribution in [0, 0.1) is 6.92 Å². The number of anilines is 1. The lowest BCUT2D eigenvalue weighted by Gasteiger charge is -2.31. The summed E-state index contributed by atoms with van der Waals surface area (Å²) in [4.78, 5) is 27.0. The zero-order valence-electron chi connectivity index (χ0n) is 17.6. The molecule has 4 rings (SSSR count). The number of hydrogen-bond acceptors (Lipinski definition) is 6. The highest BCUT2D eigenvalue weighted by atomic mass is 35.5. The first-order valence-corrected chi connectivity index (χ1v) is 11.5. The van der Waals surface area contributed by atoms with Crippen LogP contribution >= 0.6 is 22.9 Å². The van der Waals surface area contributed by atoms with E-state index >= 15 is 0 Å². The standard InChI is InChI=1S/C23H23ClN4O3S/c1-15-4-2-6-19(12-15)31-14-20(29)28-11-3-5-16(13-28)22-26-27-23(32-22)21(30)25-18-9-7-17(24)8-10-18/h2,4,6-10,12,16H,3,5,11,13-14H2,1H3,(H,25,30)/t16-/m0/s1. The van der Waals surface area contributed by atoms with Crippen molar-refractivity contribution in [2.24, 2.45) is 0 Å². The van der Waals surface area contributed by atoms with Crippen molar-refractivity contribution in [1.29, 1.82) is 0 Å². The average Bonchev–Trinajstić information content (AvgIpc) is 3.30. The molecular formula is C23H23ClN4O3S. The number of halogens is 1. The molecule has 1 fully saturated rings. The lowest BCUT2D eigenvalue weighted by molar-refractivity contribution is -0.134. The third-order valence-electron chi connectivity index (χ3n) is 5.21. The summed E-state index contributed by atoms with van der Waals surface area (Å²) in [5.74, 6) is 0.376. The van der Waals surface area contributed by atoms with Crippen LogP contribution in [0.5, 0.6) is 5.75 Å². The topological polar surface area (TPSA) is 84.4 Å². The van der Waals surface area contributed by atoms with E-state index in [1.54, 1.807) is 29.2 Å². The van der Waals surface area contributed by atoms with Crippen LogP contribution in [0.15, 0.2) is 48.5 Å². The Bertz CT molecular complexity index is 1100. The fourth-order valence-corrected chi connectivity index (χ4v) is 4.55. The van der Waals surface area contributed by atoms with E-state index in [1.165, 1.54) is 11.3 Å². The van der Waals surface area contributed by atoms with Gasteiger partial charge >= 0.3 is 0 Å². The SMILES string of the molecule is Cc1cccc(OCC(=O)N2CCC[C@H](c3nnc(C(=O)Nc4ccc(Cl)cc4)s3)C2)c1. The van der Waals surface area contributed by atoms with Crippen LogP contribution < -0.4 is 10.1 Å². The van der Waals surface area contributed by atoms with Gasteiger partial charge in [-0.1, -0.05) is 35.1 Å². The largest absolute Gasteiger partial charge is 0.484 e. The number of nitrogens with zero attached hydrogens (tertiary/aromatic N) is 3. The number of hydrogen-bond donors (Lipinski definition) is 1. The molecule has 0 bridgehead atoms. The second-order valence-electron chi connectivity index (χ2n) is 7.69. The predicted molar refractivity (Wildman–Crippen MR) is 125 cm³/mol. The molecule has 32 heavy (non-hydrogen) atoms. The Labute approximate surface area is 195 Å². The summed E-state index contributed by atoms with van der Waals surface area (Å²) < 4.78 is 5.66. The molecule has 0 spiro atoms. The number of aryl methyl sites for hydroxylation is 1. The Balaban J connectivity index is 1.34. The van der Waals surface area contributed by atoms with E-state index < -0.39 is 0 Å². The van der Waals surface area contributed by atoms with E-state index in [0.29, 0.717) is 34.6 Å². The van der Waals surface area contributed by atoms with Gasteiger partial charge in [0.1, 0.15) is 10.8 Å². The molecule has 2 aromatic carbocycles. The Kier molecular flexibility index (Phi) is 7.02. The smallest absolute Gasteiger partial charge is 0.286 e. The minimum absolute atomic E-state index is 0.00103. The number of nitrogens with one attached hydrogen (secondary N) is 1. The molecule has 0 aliphatic carbocycles. The number of piperidine rings is 1. The van der Waals surface area contributed by atoms with Crippen LogP contribution in [-0.4, -0.2) is 46.6 Å². The van der Waals surface area contributed by atoms with E-state index in [4.69, 9.17) is 16.3 Å². The Morgan fingerprint density at radius 3 is 2.81 bits per heavy atom. The second-order valence-corrected chi connectivity index (χ2v) is 9.14. The molecule has 1 aliphatic heterocycles. The summed E-state index contributed by atoms with van der Waals surface area (Å²) in [5, 5.41) is 12.7. The van der Waals surface area contributed by atoms with Crippen LogP contribution in [0.4, 0.5) is 5.69 Å². The molecule has 0 radical (unpaired) electrons. The van der Waals surface area contributed by atoms with E-state index in [2.05, 4.69) is 15.5 Å². The van der Waals surface area contributed by atoms with Gasteiger partial charge in [-0.25, -0.2) is 0 Å². The molecule has 1 N–H and O–H groups in total. The van der Waals surface area contributed by atoms with Crippen LogP contribution in [0.3, 0.4) is 0 Å². The van der Waals surface area contributed by atoms with Crippen LogP contribution in [0.25, 0.3) is 0 Å². The number of amides is 2. The van der Waals surface area contributed by atoms with Gasteiger partial charge in [0.15, 0.2) is 6.61 Å². The van der Waals surface area contributed by atoms with Gasteiger partial charge in [-0.2, -0.15) is 0 Å². The van der Waals surface area contributed by atoms with Gasteiger partial charge in [-0.05, 0) is 61.7 Å². The van der Waals surface area contributed by atoms with Gasteiger partial charge in [0.05, 0.1) is 0 Å². The lowest BCUT2D eigenvalue weighted by Crippen LogP contribution is -2.41. The number of carbonyl (C=O) groups excluding carboxylic acids is 2. The van der Waals surface area contributed by atoms with Gasteiger partial charge < -0.3 is 15.0 Å². The molecule has 1 aromatic heterocycles. The maximum atomic E-state index is 12.7. The first kappa shape index (κ1) is 22.2. The monoisotopic (exact) mass is 470 g/mol. The maximum Gasteiger partial charge on any atom is 0.286 e. The molecule has 1 aliphatic rings. The zero-order valence-corrected chi connectivity index (χ0v) is 19.2. The Hall–Kier alpha value is -2.97. The summed E-state index contributed by atoms with van der Waals surface area (Å²) in [7, 11) is 0. The maximum absolute atomic E-state index is 12.7. The molecule has 0 unspecified atom stereocenters. The van der Waals surface area contributed by atoms with Crippen LogP contribution in [0.1, 0.15) is 39.1 Å². The van der Waals surface area contributed by atoms with Crippen LogP contribution in [-0.2, 0) is 4.79 Å². The van der Waals surface area contributed by atoms with Gasteiger partial charge in [0, 0.05) is 29.7 Å². The third-order valence-corrected chi connectivity index (χ3v) is 6.55. The molecule has 0 saturated carbocycles.